The van der Waals surface area contributed by atoms with Gasteiger partial charge in [-0.2, -0.15) is 0 Å². The van der Waals surface area contributed by atoms with Crippen LogP contribution in [0.4, 0.5) is 11.4 Å². The van der Waals surface area contributed by atoms with Crippen LogP contribution in [0.1, 0.15) is 26.7 Å². The smallest absolute Gasteiger partial charge is 0.328 e. The Bertz CT molecular complexity index is 453. The molecule has 2 N–H and O–H groups in total. The standard InChI is InChI=1S/C16H24N2O3/c1-3-21-16(20)12(2)17-13-4-6-14(7-5-13)18-10-8-15(19)9-11-18/h4-7,12,15,17,19H,3,8-11H2,1-2H3. The van der Waals surface area contributed by atoms with Gasteiger partial charge in [-0.1, -0.05) is 0 Å². The van der Waals surface area contributed by atoms with Gasteiger partial charge >= 0.3 is 5.97 Å². The number of aliphatic hydroxyl groups excluding tert-OH is 1. The molecule has 0 bridgehead atoms. The van der Waals surface area contributed by atoms with Gasteiger partial charge in [-0.15, -0.1) is 0 Å². The molecule has 5 heteroatoms. The topological polar surface area (TPSA) is 61.8 Å². The molecule has 1 saturated heterocycles. The second-order valence-electron chi connectivity index (χ2n) is 5.38. The molecule has 0 radical (unpaired) electrons. The van der Waals surface area contributed by atoms with E-state index in [0.717, 1.165) is 37.3 Å². The third-order valence-corrected chi connectivity index (χ3v) is 3.72. The van der Waals surface area contributed by atoms with E-state index < -0.39 is 0 Å². The maximum atomic E-state index is 11.6. The summed E-state index contributed by atoms with van der Waals surface area (Å²) in [6.45, 7) is 5.75. The summed E-state index contributed by atoms with van der Waals surface area (Å²) in [5, 5.41) is 12.7. The van der Waals surface area contributed by atoms with Crippen molar-refractivity contribution in [2.45, 2.75) is 38.8 Å². The van der Waals surface area contributed by atoms with Gasteiger partial charge in [0.25, 0.3) is 0 Å². The predicted molar refractivity (Wildman–Crippen MR) is 83.6 cm³/mol. The number of carbonyl (C=O) groups excluding carboxylic acids is 1. The molecule has 0 saturated carbocycles. The van der Waals surface area contributed by atoms with E-state index in [1.807, 2.05) is 24.3 Å². The molecular formula is C16H24N2O3. The number of ether oxygens (including phenoxy) is 1. The summed E-state index contributed by atoms with van der Waals surface area (Å²) in [5.41, 5.74) is 2.05. The summed E-state index contributed by atoms with van der Waals surface area (Å²) >= 11 is 0. The second kappa shape index (κ2) is 7.31. The maximum absolute atomic E-state index is 11.6. The Morgan fingerprint density at radius 2 is 2.00 bits per heavy atom. The number of benzene rings is 1. The molecule has 21 heavy (non-hydrogen) atoms. The van der Waals surface area contributed by atoms with Crippen LogP contribution >= 0.6 is 0 Å². The van der Waals surface area contributed by atoms with Crippen molar-refractivity contribution in [3.05, 3.63) is 24.3 Å². The van der Waals surface area contributed by atoms with E-state index >= 15 is 0 Å². The lowest BCUT2D eigenvalue weighted by Crippen LogP contribution is -2.35. The number of nitrogens with zero attached hydrogens (tertiary/aromatic N) is 1. The van der Waals surface area contributed by atoms with Gasteiger partial charge in [-0.3, -0.25) is 0 Å². The molecule has 0 aliphatic carbocycles. The quantitative estimate of drug-likeness (QED) is 0.813. The average molecular weight is 292 g/mol. The summed E-state index contributed by atoms with van der Waals surface area (Å²) < 4.78 is 4.97. The molecule has 1 fully saturated rings. The van der Waals surface area contributed by atoms with Crippen LogP contribution in [-0.4, -0.2) is 42.9 Å². The summed E-state index contributed by atoms with van der Waals surface area (Å²) in [7, 11) is 0. The molecule has 1 heterocycles. The molecule has 116 valence electrons. The summed E-state index contributed by atoms with van der Waals surface area (Å²) in [4.78, 5) is 13.8. The third-order valence-electron chi connectivity index (χ3n) is 3.72. The first kappa shape index (κ1) is 15.6. The Morgan fingerprint density at radius 3 is 2.57 bits per heavy atom. The van der Waals surface area contributed by atoms with Crippen molar-refractivity contribution in [3.63, 3.8) is 0 Å². The van der Waals surface area contributed by atoms with Gasteiger partial charge in [0.2, 0.25) is 0 Å². The monoisotopic (exact) mass is 292 g/mol. The van der Waals surface area contributed by atoms with Crippen LogP contribution in [0.2, 0.25) is 0 Å². The first-order chi connectivity index (χ1) is 10.1. The zero-order valence-electron chi connectivity index (χ0n) is 12.7. The minimum atomic E-state index is -0.360. The Kier molecular flexibility index (Phi) is 5.44. The van der Waals surface area contributed by atoms with Gasteiger partial charge in [0, 0.05) is 24.5 Å². The van der Waals surface area contributed by atoms with E-state index in [-0.39, 0.29) is 18.1 Å². The SMILES string of the molecule is CCOC(=O)C(C)Nc1ccc(N2CCC(O)CC2)cc1. The lowest BCUT2D eigenvalue weighted by atomic mass is 10.1. The molecule has 1 aromatic rings. The number of hydrogen-bond donors (Lipinski definition) is 2. The van der Waals surface area contributed by atoms with Gasteiger partial charge in [0.15, 0.2) is 0 Å². The van der Waals surface area contributed by atoms with Gasteiger partial charge in [-0.05, 0) is 51.0 Å². The maximum Gasteiger partial charge on any atom is 0.328 e. The fourth-order valence-electron chi connectivity index (χ4n) is 2.47. The number of anilines is 2. The fraction of sp³-hybridized carbons (Fsp3) is 0.562. The summed E-state index contributed by atoms with van der Waals surface area (Å²) in [6, 6.07) is 7.66. The molecule has 2 rings (SSSR count). The van der Waals surface area contributed by atoms with Crippen LogP contribution in [-0.2, 0) is 9.53 Å². The number of carbonyl (C=O) groups is 1. The molecule has 1 aliphatic rings. The van der Waals surface area contributed by atoms with Crippen LogP contribution < -0.4 is 10.2 Å². The van der Waals surface area contributed by atoms with Gasteiger partial charge in [-0.25, -0.2) is 4.79 Å². The molecule has 1 atom stereocenters. The molecule has 1 aliphatic heterocycles. The van der Waals surface area contributed by atoms with Gasteiger partial charge < -0.3 is 20.1 Å². The van der Waals surface area contributed by atoms with Crippen LogP contribution in [0.25, 0.3) is 0 Å². The first-order valence-corrected chi connectivity index (χ1v) is 7.56. The number of hydrogen-bond acceptors (Lipinski definition) is 5. The Balaban J connectivity index is 1.91. The van der Waals surface area contributed by atoms with Crippen molar-refractivity contribution in [1.82, 2.24) is 0 Å². The lowest BCUT2D eigenvalue weighted by Gasteiger charge is -2.31. The number of piperidine rings is 1. The molecule has 0 amide bonds. The van der Waals surface area contributed by atoms with Crippen LogP contribution in [0, 0.1) is 0 Å². The predicted octanol–water partition coefficient (Wildman–Crippen LogP) is 2.01. The molecule has 1 unspecified atom stereocenters. The molecule has 5 nitrogen and oxygen atoms in total. The van der Waals surface area contributed by atoms with E-state index in [9.17, 15) is 9.90 Å². The second-order valence-corrected chi connectivity index (χ2v) is 5.38. The molecule has 0 aromatic heterocycles. The van der Waals surface area contributed by atoms with Crippen LogP contribution in [0.15, 0.2) is 24.3 Å². The van der Waals surface area contributed by atoms with Crippen LogP contribution in [0.3, 0.4) is 0 Å². The van der Waals surface area contributed by atoms with E-state index in [1.165, 1.54) is 0 Å². The van der Waals surface area contributed by atoms with Gasteiger partial charge in [0.1, 0.15) is 6.04 Å². The summed E-state index contributed by atoms with van der Waals surface area (Å²) in [5.74, 6) is -0.244. The molecule has 0 spiro atoms. The van der Waals surface area contributed by atoms with Crippen molar-refractivity contribution >= 4 is 17.3 Å². The largest absolute Gasteiger partial charge is 0.464 e. The first-order valence-electron chi connectivity index (χ1n) is 7.56. The minimum Gasteiger partial charge on any atom is -0.464 e. The fourth-order valence-corrected chi connectivity index (χ4v) is 2.47. The van der Waals surface area contributed by atoms with Gasteiger partial charge in [0.05, 0.1) is 12.7 Å². The van der Waals surface area contributed by atoms with Crippen molar-refractivity contribution < 1.29 is 14.6 Å². The zero-order valence-corrected chi connectivity index (χ0v) is 12.7. The normalized spacial score (nSPS) is 17.4. The molecule has 1 aromatic carbocycles. The highest BCUT2D eigenvalue weighted by Crippen LogP contribution is 2.22. The molecular weight excluding hydrogens is 268 g/mol. The third kappa shape index (κ3) is 4.36. The number of esters is 1. The van der Waals surface area contributed by atoms with E-state index in [0.29, 0.717) is 6.61 Å². The van der Waals surface area contributed by atoms with E-state index in [4.69, 9.17) is 4.74 Å². The number of aliphatic hydroxyl groups is 1. The highest BCUT2D eigenvalue weighted by molar-refractivity contribution is 5.78. The number of nitrogens with one attached hydrogen (secondary N) is 1. The van der Waals surface area contributed by atoms with Crippen molar-refractivity contribution in [2.75, 3.05) is 29.9 Å². The van der Waals surface area contributed by atoms with Crippen molar-refractivity contribution in [1.29, 1.82) is 0 Å². The van der Waals surface area contributed by atoms with Crippen LogP contribution in [0.5, 0.6) is 0 Å². The van der Waals surface area contributed by atoms with E-state index in [1.54, 1.807) is 13.8 Å². The number of rotatable bonds is 5. The zero-order chi connectivity index (χ0) is 15.2. The van der Waals surface area contributed by atoms with Crippen molar-refractivity contribution in [3.8, 4) is 0 Å². The Morgan fingerprint density at radius 1 is 1.38 bits per heavy atom. The average Bonchev–Trinajstić information content (AvgIpc) is 2.49. The van der Waals surface area contributed by atoms with Crippen molar-refractivity contribution in [2.24, 2.45) is 0 Å². The minimum absolute atomic E-state index is 0.160. The Hall–Kier alpha value is -1.75. The van der Waals surface area contributed by atoms with E-state index in [2.05, 4.69) is 10.2 Å². The highest BCUT2D eigenvalue weighted by Gasteiger charge is 2.17. The lowest BCUT2D eigenvalue weighted by molar-refractivity contribution is -0.143. The highest BCUT2D eigenvalue weighted by atomic mass is 16.5. The summed E-state index contributed by atoms with van der Waals surface area (Å²) in [6.07, 6.45) is 1.48. The Labute approximate surface area is 125 Å².